The zero-order valence-corrected chi connectivity index (χ0v) is 7.43. The van der Waals surface area contributed by atoms with E-state index in [0.29, 0.717) is 0 Å². The van der Waals surface area contributed by atoms with Crippen LogP contribution in [0.4, 0.5) is 5.69 Å². The highest BCUT2D eigenvalue weighted by Crippen LogP contribution is 2.22. The number of nitrogen functional groups attached to an aromatic ring is 1. The van der Waals surface area contributed by atoms with Gasteiger partial charge in [-0.2, -0.15) is 0 Å². The molecule has 0 aromatic heterocycles. The minimum Gasteiger partial charge on any atom is -0.385 e. The third-order valence-corrected chi connectivity index (χ3v) is 2.36. The predicted octanol–water partition coefficient (Wildman–Crippen LogP) is 1.33. The molecule has 1 aliphatic heterocycles. The molecule has 0 saturated heterocycles. The van der Waals surface area contributed by atoms with Crippen molar-refractivity contribution in [1.82, 2.24) is 0 Å². The van der Waals surface area contributed by atoms with E-state index < -0.39 is 0 Å². The van der Waals surface area contributed by atoms with Gasteiger partial charge in [0, 0.05) is 17.8 Å². The summed E-state index contributed by atoms with van der Waals surface area (Å²) >= 11 is 0. The molecule has 1 aliphatic rings. The Labute approximate surface area is 77.5 Å². The first-order valence-electron chi connectivity index (χ1n) is 4.48. The highest BCUT2D eigenvalue weighted by molar-refractivity contribution is 5.96. The van der Waals surface area contributed by atoms with E-state index >= 15 is 0 Å². The van der Waals surface area contributed by atoms with Gasteiger partial charge in [-0.25, -0.2) is 0 Å². The quantitative estimate of drug-likeness (QED) is 0.445. The van der Waals surface area contributed by atoms with Crippen LogP contribution >= 0.6 is 0 Å². The van der Waals surface area contributed by atoms with Crippen molar-refractivity contribution in [2.45, 2.75) is 12.8 Å². The molecule has 0 unspecified atom stereocenters. The third-order valence-electron chi connectivity index (χ3n) is 2.36. The highest BCUT2D eigenvalue weighted by Gasteiger charge is 2.08. The van der Waals surface area contributed by atoms with E-state index in [9.17, 15) is 0 Å². The normalized spacial score (nSPS) is 14.5. The van der Waals surface area contributed by atoms with Crippen molar-refractivity contribution in [3.63, 3.8) is 0 Å². The topological polar surface area (TPSA) is 61.9 Å². The summed E-state index contributed by atoms with van der Waals surface area (Å²) in [6.07, 6.45) is 2.31. The second kappa shape index (κ2) is 3.09. The Morgan fingerprint density at radius 2 is 2.31 bits per heavy atom. The van der Waals surface area contributed by atoms with Gasteiger partial charge in [0.15, 0.2) is 0 Å². The van der Waals surface area contributed by atoms with Crippen molar-refractivity contribution in [2.75, 3.05) is 11.9 Å². The lowest BCUT2D eigenvalue weighted by molar-refractivity contribution is 0.830. The van der Waals surface area contributed by atoms with Gasteiger partial charge in [-0.1, -0.05) is 12.1 Å². The average Bonchev–Trinajstić information content (AvgIpc) is 2.17. The second-order valence-electron chi connectivity index (χ2n) is 3.32. The van der Waals surface area contributed by atoms with Crippen molar-refractivity contribution in [2.24, 2.45) is 5.73 Å². The van der Waals surface area contributed by atoms with Gasteiger partial charge in [0.05, 0.1) is 0 Å². The monoisotopic (exact) mass is 175 g/mol. The fourth-order valence-electron chi connectivity index (χ4n) is 1.63. The molecular weight excluding hydrogens is 162 g/mol. The summed E-state index contributed by atoms with van der Waals surface area (Å²) in [6, 6.07) is 5.92. The molecule has 68 valence electrons. The Hall–Kier alpha value is -1.51. The molecule has 0 bridgehead atoms. The van der Waals surface area contributed by atoms with Gasteiger partial charge < -0.3 is 11.1 Å². The number of hydrogen-bond donors (Lipinski definition) is 3. The molecule has 3 heteroatoms. The average molecular weight is 175 g/mol. The van der Waals surface area contributed by atoms with E-state index in [1.807, 2.05) is 12.1 Å². The van der Waals surface area contributed by atoms with Crippen LogP contribution in [-0.4, -0.2) is 12.4 Å². The molecule has 0 spiro atoms. The summed E-state index contributed by atoms with van der Waals surface area (Å²) < 4.78 is 0. The first-order valence-corrected chi connectivity index (χ1v) is 4.48. The standard InChI is InChI=1S/C10H13N3/c11-10(12)8-4-3-7-2-1-5-13-9(7)6-8/h3-4,6,13H,1-2,5H2,(H3,11,12). The Morgan fingerprint density at radius 3 is 3.08 bits per heavy atom. The zero-order valence-electron chi connectivity index (χ0n) is 7.43. The largest absolute Gasteiger partial charge is 0.385 e. The SMILES string of the molecule is N=C(N)c1ccc2c(c1)NCCC2. The molecule has 1 heterocycles. The lowest BCUT2D eigenvalue weighted by Gasteiger charge is -2.18. The maximum Gasteiger partial charge on any atom is 0.122 e. The summed E-state index contributed by atoms with van der Waals surface area (Å²) in [6.45, 7) is 1.02. The van der Waals surface area contributed by atoms with Crippen molar-refractivity contribution < 1.29 is 0 Å². The summed E-state index contributed by atoms with van der Waals surface area (Å²) in [5, 5.41) is 10.6. The number of rotatable bonds is 1. The van der Waals surface area contributed by atoms with E-state index in [1.54, 1.807) is 0 Å². The number of fused-ring (bicyclic) bond motifs is 1. The molecular formula is C10H13N3. The van der Waals surface area contributed by atoms with Crippen molar-refractivity contribution in [3.05, 3.63) is 29.3 Å². The first-order chi connectivity index (χ1) is 6.27. The van der Waals surface area contributed by atoms with Crippen LogP contribution in [0.25, 0.3) is 0 Å². The van der Waals surface area contributed by atoms with Gasteiger partial charge in [-0.05, 0) is 24.5 Å². The maximum absolute atomic E-state index is 7.30. The molecule has 2 rings (SSSR count). The Bertz CT molecular complexity index is 344. The van der Waals surface area contributed by atoms with Crippen LogP contribution in [0.3, 0.4) is 0 Å². The van der Waals surface area contributed by atoms with Crippen molar-refractivity contribution in [3.8, 4) is 0 Å². The van der Waals surface area contributed by atoms with E-state index in [-0.39, 0.29) is 5.84 Å². The predicted molar refractivity (Wildman–Crippen MR) is 54.3 cm³/mol. The minimum atomic E-state index is 0.134. The minimum absolute atomic E-state index is 0.134. The molecule has 0 fully saturated rings. The van der Waals surface area contributed by atoms with Gasteiger partial charge in [0.25, 0.3) is 0 Å². The lowest BCUT2D eigenvalue weighted by atomic mass is 10.0. The molecule has 0 saturated carbocycles. The van der Waals surface area contributed by atoms with E-state index in [2.05, 4.69) is 11.4 Å². The second-order valence-corrected chi connectivity index (χ2v) is 3.32. The van der Waals surface area contributed by atoms with Gasteiger partial charge in [-0.3, -0.25) is 5.41 Å². The van der Waals surface area contributed by atoms with Gasteiger partial charge in [0.2, 0.25) is 0 Å². The summed E-state index contributed by atoms with van der Waals surface area (Å²) in [7, 11) is 0. The summed E-state index contributed by atoms with van der Waals surface area (Å²) in [5.41, 5.74) is 8.67. The fourth-order valence-corrected chi connectivity index (χ4v) is 1.63. The van der Waals surface area contributed by atoms with E-state index in [4.69, 9.17) is 11.1 Å². The molecule has 4 N–H and O–H groups in total. The molecule has 3 nitrogen and oxygen atoms in total. The molecule has 13 heavy (non-hydrogen) atoms. The Kier molecular flexibility index (Phi) is 1.93. The third kappa shape index (κ3) is 1.49. The highest BCUT2D eigenvalue weighted by atomic mass is 14.9. The molecule has 0 atom stereocenters. The number of benzene rings is 1. The van der Waals surface area contributed by atoms with E-state index in [1.165, 1.54) is 12.0 Å². The van der Waals surface area contributed by atoms with Crippen LogP contribution in [0.15, 0.2) is 18.2 Å². The summed E-state index contributed by atoms with van der Waals surface area (Å²) in [4.78, 5) is 0. The van der Waals surface area contributed by atoms with Gasteiger partial charge >= 0.3 is 0 Å². The van der Waals surface area contributed by atoms with Crippen LogP contribution in [0.1, 0.15) is 17.5 Å². The molecule has 0 aliphatic carbocycles. The molecule has 0 amide bonds. The number of aryl methyl sites for hydroxylation is 1. The number of nitrogens with one attached hydrogen (secondary N) is 2. The fraction of sp³-hybridized carbons (Fsp3) is 0.300. The van der Waals surface area contributed by atoms with Gasteiger partial charge in [0.1, 0.15) is 5.84 Å². The lowest BCUT2D eigenvalue weighted by Crippen LogP contribution is -2.15. The number of hydrogen-bond acceptors (Lipinski definition) is 2. The first kappa shape index (κ1) is 8.10. The van der Waals surface area contributed by atoms with Crippen LogP contribution in [-0.2, 0) is 6.42 Å². The van der Waals surface area contributed by atoms with Crippen LogP contribution in [0, 0.1) is 5.41 Å². The molecule has 1 aromatic rings. The van der Waals surface area contributed by atoms with Crippen LogP contribution < -0.4 is 11.1 Å². The summed E-state index contributed by atoms with van der Waals surface area (Å²) in [5.74, 6) is 0.134. The molecule has 1 aromatic carbocycles. The van der Waals surface area contributed by atoms with Crippen molar-refractivity contribution >= 4 is 11.5 Å². The maximum atomic E-state index is 7.30. The number of anilines is 1. The van der Waals surface area contributed by atoms with Crippen LogP contribution in [0.2, 0.25) is 0 Å². The van der Waals surface area contributed by atoms with Gasteiger partial charge in [-0.15, -0.1) is 0 Å². The smallest absolute Gasteiger partial charge is 0.122 e. The zero-order chi connectivity index (χ0) is 9.26. The Morgan fingerprint density at radius 1 is 1.46 bits per heavy atom. The Balaban J connectivity index is 2.40. The number of nitrogens with two attached hydrogens (primary N) is 1. The van der Waals surface area contributed by atoms with Crippen molar-refractivity contribution in [1.29, 1.82) is 5.41 Å². The molecule has 0 radical (unpaired) electrons. The van der Waals surface area contributed by atoms with Crippen LogP contribution in [0.5, 0.6) is 0 Å². The van der Waals surface area contributed by atoms with E-state index in [0.717, 1.165) is 24.2 Å². The number of amidine groups is 1.